The van der Waals surface area contributed by atoms with Gasteiger partial charge in [0.25, 0.3) is 5.91 Å². The van der Waals surface area contributed by atoms with Gasteiger partial charge < -0.3 is 15.4 Å². The van der Waals surface area contributed by atoms with E-state index in [-0.39, 0.29) is 11.8 Å². The van der Waals surface area contributed by atoms with E-state index in [0.29, 0.717) is 27.9 Å². The minimum atomic E-state index is -0.705. The van der Waals surface area contributed by atoms with Crippen molar-refractivity contribution in [2.75, 3.05) is 24.4 Å². The molecule has 2 N–H and O–H groups in total. The quantitative estimate of drug-likeness (QED) is 0.457. The van der Waals surface area contributed by atoms with Crippen LogP contribution in [0.2, 0.25) is 5.02 Å². The Hall–Kier alpha value is -2.55. The largest absolute Gasteiger partial charge is 0.496 e. The van der Waals surface area contributed by atoms with E-state index in [1.165, 1.54) is 18.4 Å². The Morgan fingerprint density at radius 2 is 2.03 bits per heavy atom. The van der Waals surface area contributed by atoms with Crippen LogP contribution in [0.25, 0.3) is 11.3 Å². The maximum Gasteiger partial charge on any atom is 0.255 e. The molecule has 0 spiro atoms. The zero-order valence-electron chi connectivity index (χ0n) is 17.1. The summed E-state index contributed by atoms with van der Waals surface area (Å²) in [5.41, 5.74) is 1.97. The number of methoxy groups -OCH3 is 1. The molecular formula is C22H22ClN3O3S2. The number of ether oxygens (including phenoxy) is 1. The number of thiazole rings is 1. The molecule has 0 fully saturated rings. The smallest absolute Gasteiger partial charge is 0.255 e. The number of benzene rings is 2. The van der Waals surface area contributed by atoms with Crippen molar-refractivity contribution in [3.05, 3.63) is 64.5 Å². The summed E-state index contributed by atoms with van der Waals surface area (Å²) in [5.74, 6) is 0.493. The Morgan fingerprint density at radius 1 is 1.23 bits per heavy atom. The van der Waals surface area contributed by atoms with E-state index in [2.05, 4.69) is 15.6 Å². The maximum atomic E-state index is 12.9. The molecule has 31 heavy (non-hydrogen) atoms. The predicted molar refractivity (Wildman–Crippen MR) is 128 cm³/mol. The summed E-state index contributed by atoms with van der Waals surface area (Å²) in [4.78, 5) is 30.2. The predicted octanol–water partition coefficient (Wildman–Crippen LogP) is 4.96. The molecule has 1 unspecified atom stereocenters. The standard InChI is InChI=1S/C22H22ClN3O3S2/c1-29-19-9-4-3-8-16(19)20(27)24-17(10-11-30-2)21(28)26-22-25-18(13-31-22)14-6-5-7-15(23)12-14/h3-9,12-13,17H,10-11H2,1-2H3,(H,24,27)(H,25,26,28). The first kappa shape index (κ1) is 23.1. The third-order valence-corrected chi connectivity index (χ3v) is 6.08. The molecule has 0 aliphatic carbocycles. The van der Waals surface area contributed by atoms with Gasteiger partial charge in [0, 0.05) is 16.0 Å². The molecule has 162 valence electrons. The van der Waals surface area contributed by atoms with Gasteiger partial charge >= 0.3 is 0 Å². The number of nitrogens with zero attached hydrogens (tertiary/aromatic N) is 1. The molecule has 9 heteroatoms. The van der Waals surface area contributed by atoms with E-state index in [1.54, 1.807) is 42.1 Å². The summed E-state index contributed by atoms with van der Waals surface area (Å²) in [6.07, 6.45) is 2.44. The minimum Gasteiger partial charge on any atom is -0.496 e. The van der Waals surface area contributed by atoms with Gasteiger partial charge in [0.05, 0.1) is 18.4 Å². The Balaban J connectivity index is 1.72. The lowest BCUT2D eigenvalue weighted by Crippen LogP contribution is -2.44. The average Bonchev–Trinajstić information content (AvgIpc) is 3.24. The molecular weight excluding hydrogens is 454 g/mol. The summed E-state index contributed by atoms with van der Waals surface area (Å²) in [5, 5.41) is 8.57. The topological polar surface area (TPSA) is 80.3 Å². The number of carbonyl (C=O) groups excluding carboxylic acids is 2. The molecule has 0 saturated heterocycles. The zero-order valence-corrected chi connectivity index (χ0v) is 19.4. The van der Waals surface area contributed by atoms with Gasteiger partial charge in [-0.25, -0.2) is 4.98 Å². The minimum absolute atomic E-state index is 0.315. The summed E-state index contributed by atoms with van der Waals surface area (Å²) in [6.45, 7) is 0. The number of hydrogen-bond acceptors (Lipinski definition) is 6. The zero-order chi connectivity index (χ0) is 22.2. The van der Waals surface area contributed by atoms with Crippen molar-refractivity contribution in [2.45, 2.75) is 12.5 Å². The van der Waals surface area contributed by atoms with Gasteiger partial charge in [-0.3, -0.25) is 9.59 Å². The van der Waals surface area contributed by atoms with Gasteiger partial charge in [-0.05, 0) is 42.7 Å². The number of anilines is 1. The number of hydrogen-bond donors (Lipinski definition) is 2. The van der Waals surface area contributed by atoms with Crippen molar-refractivity contribution >= 4 is 51.6 Å². The summed E-state index contributed by atoms with van der Waals surface area (Å²) in [7, 11) is 1.50. The van der Waals surface area contributed by atoms with Gasteiger partial charge in [-0.15, -0.1) is 11.3 Å². The van der Waals surface area contributed by atoms with Crippen LogP contribution < -0.4 is 15.4 Å². The first-order valence-electron chi connectivity index (χ1n) is 9.47. The van der Waals surface area contributed by atoms with Crippen LogP contribution in [0.15, 0.2) is 53.9 Å². The highest BCUT2D eigenvalue weighted by Gasteiger charge is 2.23. The number of aromatic nitrogens is 1. The number of para-hydroxylation sites is 1. The van der Waals surface area contributed by atoms with E-state index in [1.807, 2.05) is 29.8 Å². The van der Waals surface area contributed by atoms with E-state index >= 15 is 0 Å². The van der Waals surface area contributed by atoms with Crippen molar-refractivity contribution in [1.82, 2.24) is 10.3 Å². The molecule has 0 radical (unpaired) electrons. The molecule has 3 rings (SSSR count). The number of thioether (sulfide) groups is 1. The van der Waals surface area contributed by atoms with Crippen LogP contribution in [-0.2, 0) is 4.79 Å². The lowest BCUT2D eigenvalue weighted by molar-refractivity contribution is -0.118. The Morgan fingerprint density at radius 3 is 2.77 bits per heavy atom. The summed E-state index contributed by atoms with van der Waals surface area (Å²) in [6, 6.07) is 13.6. The molecule has 2 amide bonds. The lowest BCUT2D eigenvalue weighted by Gasteiger charge is -2.18. The Bertz CT molecular complexity index is 1060. The monoisotopic (exact) mass is 475 g/mol. The van der Waals surface area contributed by atoms with Crippen molar-refractivity contribution in [2.24, 2.45) is 0 Å². The highest BCUT2D eigenvalue weighted by molar-refractivity contribution is 7.98. The van der Waals surface area contributed by atoms with E-state index in [0.717, 1.165) is 17.0 Å². The fraction of sp³-hybridized carbons (Fsp3) is 0.227. The second kappa shape index (κ2) is 11.2. The number of carbonyl (C=O) groups is 2. The van der Waals surface area contributed by atoms with Gasteiger partial charge in [-0.2, -0.15) is 11.8 Å². The van der Waals surface area contributed by atoms with Gasteiger partial charge in [0.15, 0.2) is 5.13 Å². The number of halogens is 1. The first-order chi connectivity index (χ1) is 15.0. The normalized spacial score (nSPS) is 11.6. The molecule has 0 aliphatic heterocycles. The fourth-order valence-corrected chi connectivity index (χ4v) is 4.26. The van der Waals surface area contributed by atoms with Crippen molar-refractivity contribution < 1.29 is 14.3 Å². The van der Waals surface area contributed by atoms with E-state index in [9.17, 15) is 9.59 Å². The molecule has 2 aromatic carbocycles. The SMILES string of the molecule is COc1ccccc1C(=O)NC(CCSC)C(=O)Nc1nc(-c2cccc(Cl)c2)cs1. The fourth-order valence-electron chi connectivity index (χ4n) is 2.88. The second-order valence-electron chi connectivity index (χ2n) is 6.55. The first-order valence-corrected chi connectivity index (χ1v) is 12.1. The number of amides is 2. The summed E-state index contributed by atoms with van der Waals surface area (Å²) < 4.78 is 5.26. The third kappa shape index (κ3) is 6.22. The van der Waals surface area contributed by atoms with Crippen LogP contribution in [0.3, 0.4) is 0 Å². The molecule has 6 nitrogen and oxygen atoms in total. The Kier molecular flexibility index (Phi) is 8.34. The highest BCUT2D eigenvalue weighted by Crippen LogP contribution is 2.27. The average molecular weight is 476 g/mol. The summed E-state index contributed by atoms with van der Waals surface area (Å²) >= 11 is 8.97. The molecule has 1 atom stereocenters. The van der Waals surface area contributed by atoms with Gasteiger partial charge in [0.2, 0.25) is 5.91 Å². The Labute approximate surface area is 194 Å². The van der Waals surface area contributed by atoms with Crippen molar-refractivity contribution in [3.8, 4) is 17.0 Å². The highest BCUT2D eigenvalue weighted by atomic mass is 35.5. The van der Waals surface area contributed by atoms with E-state index < -0.39 is 6.04 Å². The third-order valence-electron chi connectivity index (χ3n) is 4.44. The van der Waals surface area contributed by atoms with Gasteiger partial charge in [-0.1, -0.05) is 35.9 Å². The van der Waals surface area contributed by atoms with Crippen LogP contribution in [0.4, 0.5) is 5.13 Å². The van der Waals surface area contributed by atoms with Crippen LogP contribution in [0, 0.1) is 0 Å². The van der Waals surface area contributed by atoms with Gasteiger partial charge in [0.1, 0.15) is 11.8 Å². The molecule has 1 heterocycles. The van der Waals surface area contributed by atoms with Crippen molar-refractivity contribution in [3.63, 3.8) is 0 Å². The van der Waals surface area contributed by atoms with Crippen molar-refractivity contribution in [1.29, 1.82) is 0 Å². The number of rotatable bonds is 9. The van der Waals surface area contributed by atoms with Crippen LogP contribution in [-0.4, -0.2) is 42.0 Å². The maximum absolute atomic E-state index is 12.9. The lowest BCUT2D eigenvalue weighted by atomic mass is 10.1. The second-order valence-corrected chi connectivity index (χ2v) is 8.83. The van der Waals surface area contributed by atoms with Crippen LogP contribution >= 0.6 is 34.7 Å². The van der Waals surface area contributed by atoms with E-state index in [4.69, 9.17) is 16.3 Å². The van der Waals surface area contributed by atoms with Crippen LogP contribution in [0.1, 0.15) is 16.8 Å². The number of nitrogens with one attached hydrogen (secondary N) is 2. The van der Waals surface area contributed by atoms with Crippen LogP contribution in [0.5, 0.6) is 5.75 Å². The molecule has 0 aliphatic rings. The molecule has 0 saturated carbocycles. The molecule has 3 aromatic rings. The molecule has 1 aromatic heterocycles. The molecule has 0 bridgehead atoms.